The van der Waals surface area contributed by atoms with Crippen LogP contribution in [0.25, 0.3) is 6.08 Å². The van der Waals surface area contributed by atoms with Gasteiger partial charge in [-0.05, 0) is 25.1 Å². The van der Waals surface area contributed by atoms with Crippen molar-refractivity contribution in [3.05, 3.63) is 41.0 Å². The third-order valence-corrected chi connectivity index (χ3v) is 2.46. The molecule has 0 nitrogen and oxygen atoms in total. The molecule has 0 radical (unpaired) electrons. The first kappa shape index (κ1) is 10.4. The summed E-state index contributed by atoms with van der Waals surface area (Å²) < 4.78 is 25.7. The Labute approximate surface area is 84.4 Å². The summed E-state index contributed by atoms with van der Waals surface area (Å²) in [5, 5.41) is 0.656. The van der Waals surface area contributed by atoms with E-state index in [9.17, 15) is 8.78 Å². The van der Waals surface area contributed by atoms with E-state index in [0.29, 0.717) is 5.33 Å². The summed E-state index contributed by atoms with van der Waals surface area (Å²) in [6.07, 6.45) is 1.62. The molecule has 0 bridgehead atoms. The first-order valence-electron chi connectivity index (χ1n) is 3.81. The molecule has 0 saturated heterocycles. The normalized spacial score (nSPS) is 11.8. The zero-order valence-corrected chi connectivity index (χ0v) is 8.74. The Kier molecular flexibility index (Phi) is 3.60. The zero-order chi connectivity index (χ0) is 9.84. The number of hydrogen-bond donors (Lipinski definition) is 0. The van der Waals surface area contributed by atoms with Crippen LogP contribution < -0.4 is 0 Å². The van der Waals surface area contributed by atoms with Gasteiger partial charge in [0.1, 0.15) is 11.6 Å². The minimum Gasteiger partial charge on any atom is -0.207 e. The fourth-order valence-electron chi connectivity index (χ4n) is 0.929. The highest BCUT2D eigenvalue weighted by atomic mass is 79.9. The fraction of sp³-hybridized carbons (Fsp3) is 0.200. The Bertz CT molecular complexity index is 332. The second-order valence-electron chi connectivity index (χ2n) is 2.79. The maximum Gasteiger partial charge on any atom is 0.130 e. The molecular weight excluding hydrogens is 238 g/mol. The van der Waals surface area contributed by atoms with E-state index in [-0.39, 0.29) is 5.56 Å². The number of benzene rings is 1. The molecule has 1 rings (SSSR count). The molecule has 0 heterocycles. The van der Waals surface area contributed by atoms with Gasteiger partial charge in [0.2, 0.25) is 0 Å². The fourth-order valence-corrected chi connectivity index (χ4v) is 1.09. The molecule has 0 spiro atoms. The van der Waals surface area contributed by atoms with E-state index in [0.717, 1.165) is 17.7 Å². The lowest BCUT2D eigenvalue weighted by molar-refractivity contribution is 0.598. The van der Waals surface area contributed by atoms with Crippen LogP contribution in [0.1, 0.15) is 12.5 Å². The monoisotopic (exact) mass is 246 g/mol. The molecule has 0 N–H and O–H groups in total. The van der Waals surface area contributed by atoms with Crippen molar-refractivity contribution < 1.29 is 8.78 Å². The van der Waals surface area contributed by atoms with Gasteiger partial charge in [0, 0.05) is 10.9 Å². The van der Waals surface area contributed by atoms with Gasteiger partial charge in [-0.15, -0.1) is 0 Å². The van der Waals surface area contributed by atoms with Gasteiger partial charge in [-0.25, -0.2) is 8.78 Å². The smallest absolute Gasteiger partial charge is 0.130 e. The second kappa shape index (κ2) is 4.51. The molecule has 70 valence electrons. The summed E-state index contributed by atoms with van der Waals surface area (Å²) in [5.74, 6) is -0.822. The van der Waals surface area contributed by atoms with Crippen LogP contribution in [-0.4, -0.2) is 5.33 Å². The molecule has 1 aromatic rings. The highest BCUT2D eigenvalue weighted by Gasteiger charge is 2.00. The lowest BCUT2D eigenvalue weighted by atomic mass is 10.1. The van der Waals surface area contributed by atoms with E-state index in [1.54, 1.807) is 6.08 Å². The van der Waals surface area contributed by atoms with Crippen LogP contribution in [0.2, 0.25) is 0 Å². The van der Waals surface area contributed by atoms with Gasteiger partial charge < -0.3 is 0 Å². The molecule has 0 amide bonds. The molecule has 3 heteroatoms. The average Bonchev–Trinajstić information content (AvgIpc) is 2.11. The molecule has 0 aromatic heterocycles. The number of rotatable bonds is 2. The Morgan fingerprint density at radius 1 is 1.46 bits per heavy atom. The van der Waals surface area contributed by atoms with Gasteiger partial charge in [-0.3, -0.25) is 0 Å². The molecule has 0 unspecified atom stereocenters. The highest BCUT2D eigenvalue weighted by molar-refractivity contribution is 9.09. The van der Waals surface area contributed by atoms with Gasteiger partial charge in [0.15, 0.2) is 0 Å². The van der Waals surface area contributed by atoms with E-state index in [1.165, 1.54) is 6.07 Å². The minimum absolute atomic E-state index is 0.289. The number of alkyl halides is 1. The van der Waals surface area contributed by atoms with Gasteiger partial charge in [0.25, 0.3) is 0 Å². The van der Waals surface area contributed by atoms with Crippen LogP contribution in [-0.2, 0) is 0 Å². The molecular formula is C10H9BrF2. The van der Waals surface area contributed by atoms with Gasteiger partial charge in [0.05, 0.1) is 0 Å². The summed E-state index contributed by atoms with van der Waals surface area (Å²) in [7, 11) is 0. The summed E-state index contributed by atoms with van der Waals surface area (Å²) in [5.41, 5.74) is 1.24. The molecule has 13 heavy (non-hydrogen) atoms. The van der Waals surface area contributed by atoms with Crippen molar-refractivity contribution in [3.8, 4) is 0 Å². The van der Waals surface area contributed by atoms with Crippen LogP contribution in [0, 0.1) is 11.6 Å². The van der Waals surface area contributed by atoms with E-state index in [4.69, 9.17) is 0 Å². The van der Waals surface area contributed by atoms with Gasteiger partial charge >= 0.3 is 0 Å². The first-order valence-corrected chi connectivity index (χ1v) is 4.94. The SMILES string of the molecule is CC(=Cc1cc(F)ccc1F)CBr. The van der Waals surface area contributed by atoms with Crippen LogP contribution >= 0.6 is 15.9 Å². The predicted molar refractivity (Wildman–Crippen MR) is 53.8 cm³/mol. The Balaban J connectivity index is 3.07. The van der Waals surface area contributed by atoms with Crippen molar-refractivity contribution in [1.29, 1.82) is 0 Å². The zero-order valence-electron chi connectivity index (χ0n) is 7.15. The first-order chi connectivity index (χ1) is 6.13. The molecule has 0 aliphatic rings. The third kappa shape index (κ3) is 2.92. The lowest BCUT2D eigenvalue weighted by Gasteiger charge is -1.98. The van der Waals surface area contributed by atoms with Gasteiger partial charge in [-0.2, -0.15) is 0 Å². The molecule has 0 atom stereocenters. The minimum atomic E-state index is -0.421. The van der Waals surface area contributed by atoms with Crippen LogP contribution in [0.4, 0.5) is 8.78 Å². The topological polar surface area (TPSA) is 0 Å². The number of hydrogen-bond acceptors (Lipinski definition) is 0. The van der Waals surface area contributed by atoms with Crippen molar-refractivity contribution in [1.82, 2.24) is 0 Å². The molecule has 0 aliphatic heterocycles. The Hall–Kier alpha value is -0.700. The van der Waals surface area contributed by atoms with Crippen molar-refractivity contribution in [2.24, 2.45) is 0 Å². The van der Waals surface area contributed by atoms with E-state index >= 15 is 0 Å². The van der Waals surface area contributed by atoms with Crippen molar-refractivity contribution >= 4 is 22.0 Å². The number of halogens is 3. The molecule has 1 aromatic carbocycles. The Morgan fingerprint density at radius 2 is 2.15 bits per heavy atom. The van der Waals surface area contributed by atoms with Crippen molar-refractivity contribution in [3.63, 3.8) is 0 Å². The van der Waals surface area contributed by atoms with Crippen molar-refractivity contribution in [2.75, 3.05) is 5.33 Å². The summed E-state index contributed by atoms with van der Waals surface area (Å²) in [4.78, 5) is 0. The van der Waals surface area contributed by atoms with Crippen LogP contribution in [0.15, 0.2) is 23.8 Å². The Morgan fingerprint density at radius 3 is 2.77 bits per heavy atom. The summed E-state index contributed by atoms with van der Waals surface area (Å²) in [6.45, 7) is 1.85. The van der Waals surface area contributed by atoms with E-state index in [2.05, 4.69) is 15.9 Å². The third-order valence-electron chi connectivity index (χ3n) is 1.57. The number of allylic oxidation sites excluding steroid dienone is 1. The highest BCUT2D eigenvalue weighted by Crippen LogP contribution is 2.14. The van der Waals surface area contributed by atoms with Gasteiger partial charge in [-0.1, -0.05) is 27.6 Å². The van der Waals surface area contributed by atoms with Crippen LogP contribution in [0.3, 0.4) is 0 Å². The molecule has 0 aliphatic carbocycles. The second-order valence-corrected chi connectivity index (χ2v) is 3.35. The molecule has 0 saturated carbocycles. The van der Waals surface area contributed by atoms with E-state index in [1.807, 2.05) is 6.92 Å². The maximum atomic E-state index is 13.0. The molecule has 0 fully saturated rings. The standard InChI is InChI=1S/C10H9BrF2/c1-7(6-11)4-8-5-9(12)2-3-10(8)13/h2-5H,6H2,1H3. The maximum absolute atomic E-state index is 13.0. The largest absolute Gasteiger partial charge is 0.207 e. The quantitative estimate of drug-likeness (QED) is 0.698. The predicted octanol–water partition coefficient (Wildman–Crippen LogP) is 3.76. The summed E-state index contributed by atoms with van der Waals surface area (Å²) >= 11 is 3.23. The van der Waals surface area contributed by atoms with Crippen LogP contribution in [0.5, 0.6) is 0 Å². The van der Waals surface area contributed by atoms with Crippen molar-refractivity contribution in [2.45, 2.75) is 6.92 Å². The van der Waals surface area contributed by atoms with E-state index < -0.39 is 11.6 Å². The average molecular weight is 247 g/mol. The lowest BCUT2D eigenvalue weighted by Crippen LogP contribution is -1.86. The summed E-state index contributed by atoms with van der Waals surface area (Å²) in [6, 6.07) is 3.42.